The number of carbonyl (C=O) groups is 1. The number of rotatable bonds is 6. The zero-order chi connectivity index (χ0) is 19.9. The van der Waals surface area contributed by atoms with E-state index >= 15 is 0 Å². The lowest BCUT2D eigenvalue weighted by Gasteiger charge is -2.10. The van der Waals surface area contributed by atoms with Crippen molar-refractivity contribution in [1.29, 1.82) is 0 Å². The Balaban J connectivity index is 1.48. The molecule has 3 heterocycles. The lowest BCUT2D eigenvalue weighted by atomic mass is 10.2. The first kappa shape index (κ1) is 18.5. The van der Waals surface area contributed by atoms with Crippen LogP contribution < -0.4 is 5.32 Å². The van der Waals surface area contributed by atoms with E-state index in [0.717, 1.165) is 24.6 Å². The molecule has 148 valence electrons. The van der Waals surface area contributed by atoms with E-state index in [0.29, 0.717) is 29.7 Å². The minimum absolute atomic E-state index is 0.0360. The highest BCUT2D eigenvalue weighted by molar-refractivity contribution is 5.93. The van der Waals surface area contributed by atoms with Crippen LogP contribution in [0.4, 0.5) is 13.2 Å². The molecule has 0 saturated heterocycles. The highest BCUT2D eigenvalue weighted by Crippen LogP contribution is 2.41. The van der Waals surface area contributed by atoms with Gasteiger partial charge in [0.15, 0.2) is 11.3 Å². The molecule has 10 heteroatoms. The summed E-state index contributed by atoms with van der Waals surface area (Å²) < 4.78 is 42.7. The molecular weight excluding hydrogens is 373 g/mol. The van der Waals surface area contributed by atoms with Gasteiger partial charge in [-0.05, 0) is 38.3 Å². The molecule has 3 aromatic rings. The number of aryl methyl sites for hydroxylation is 2. The van der Waals surface area contributed by atoms with E-state index in [1.54, 1.807) is 4.68 Å². The Hall–Kier alpha value is -2.91. The van der Waals surface area contributed by atoms with Crippen LogP contribution in [-0.4, -0.2) is 36.8 Å². The molecule has 1 saturated carbocycles. The van der Waals surface area contributed by atoms with Crippen LogP contribution in [0, 0.1) is 6.92 Å². The fraction of sp³-hybridized carbons (Fsp3) is 0.444. The summed E-state index contributed by atoms with van der Waals surface area (Å²) in [7, 11) is 0. The van der Waals surface area contributed by atoms with Crippen molar-refractivity contribution in [3.05, 3.63) is 47.2 Å². The summed E-state index contributed by atoms with van der Waals surface area (Å²) >= 11 is 0. The number of halogens is 3. The second-order valence-electron chi connectivity index (χ2n) is 6.97. The molecule has 0 atom stereocenters. The first-order valence-electron chi connectivity index (χ1n) is 9.07. The van der Waals surface area contributed by atoms with Gasteiger partial charge in [-0.3, -0.25) is 9.48 Å². The molecule has 1 fully saturated rings. The van der Waals surface area contributed by atoms with E-state index in [1.807, 2.05) is 19.2 Å². The minimum Gasteiger partial charge on any atom is -0.351 e. The van der Waals surface area contributed by atoms with Crippen molar-refractivity contribution in [2.75, 3.05) is 6.54 Å². The van der Waals surface area contributed by atoms with E-state index in [2.05, 4.69) is 20.5 Å². The number of hydrogen-bond donors (Lipinski definition) is 1. The van der Waals surface area contributed by atoms with E-state index in [-0.39, 0.29) is 17.3 Å². The van der Waals surface area contributed by atoms with Crippen LogP contribution in [0.1, 0.15) is 52.8 Å². The average Bonchev–Trinajstić information content (AvgIpc) is 3.26. The third-order valence-electron chi connectivity index (χ3n) is 4.59. The molecule has 1 N–H and O–H groups in total. The number of nitrogens with one attached hydrogen (secondary N) is 1. The topological polar surface area (TPSA) is 77.1 Å². The Labute approximate surface area is 158 Å². The van der Waals surface area contributed by atoms with Gasteiger partial charge in [0.25, 0.3) is 5.91 Å². The molecule has 3 aromatic heterocycles. The summed E-state index contributed by atoms with van der Waals surface area (Å²) in [6.07, 6.45) is -0.429. The molecule has 0 spiro atoms. The third-order valence-corrected chi connectivity index (χ3v) is 4.59. The quantitative estimate of drug-likeness (QED) is 0.655. The maximum absolute atomic E-state index is 13.4. The number of fused-ring (bicyclic) bond motifs is 1. The van der Waals surface area contributed by atoms with Gasteiger partial charge < -0.3 is 5.32 Å². The van der Waals surface area contributed by atoms with Gasteiger partial charge in [-0.15, -0.1) is 0 Å². The zero-order valence-corrected chi connectivity index (χ0v) is 15.2. The van der Waals surface area contributed by atoms with Crippen LogP contribution in [0.25, 0.3) is 5.65 Å². The van der Waals surface area contributed by atoms with Crippen molar-refractivity contribution in [1.82, 2.24) is 29.7 Å². The molecule has 0 aromatic carbocycles. The number of alkyl halides is 3. The Morgan fingerprint density at radius 2 is 2.07 bits per heavy atom. The van der Waals surface area contributed by atoms with Gasteiger partial charge in [-0.1, -0.05) is 0 Å². The van der Waals surface area contributed by atoms with Gasteiger partial charge in [0, 0.05) is 37.0 Å². The van der Waals surface area contributed by atoms with E-state index in [4.69, 9.17) is 0 Å². The summed E-state index contributed by atoms with van der Waals surface area (Å²) in [5, 5.41) is 10.8. The molecule has 1 aliphatic rings. The maximum atomic E-state index is 13.4. The number of amides is 1. The van der Waals surface area contributed by atoms with E-state index < -0.39 is 17.8 Å². The molecule has 0 bridgehead atoms. The van der Waals surface area contributed by atoms with E-state index in [1.165, 1.54) is 6.07 Å². The lowest BCUT2D eigenvalue weighted by molar-refractivity contribution is -0.142. The fourth-order valence-electron chi connectivity index (χ4n) is 3.02. The SMILES string of the molecule is Cc1ccn(CCCNC(=O)c2cc3nc(C4CC4)cc(C(F)(F)F)n3n2)n1. The van der Waals surface area contributed by atoms with Crippen LogP contribution in [0.3, 0.4) is 0 Å². The van der Waals surface area contributed by atoms with Crippen molar-refractivity contribution in [3.63, 3.8) is 0 Å². The van der Waals surface area contributed by atoms with Crippen LogP contribution in [-0.2, 0) is 12.7 Å². The summed E-state index contributed by atoms with van der Waals surface area (Å²) in [5.74, 6) is -0.465. The van der Waals surface area contributed by atoms with Gasteiger partial charge in [0.1, 0.15) is 5.69 Å². The Morgan fingerprint density at radius 3 is 2.71 bits per heavy atom. The summed E-state index contributed by atoms with van der Waals surface area (Å²) in [5.41, 5.74) is 0.357. The Kier molecular flexibility index (Phi) is 4.56. The van der Waals surface area contributed by atoms with Crippen LogP contribution in [0.15, 0.2) is 24.4 Å². The summed E-state index contributed by atoms with van der Waals surface area (Å²) in [6.45, 7) is 2.88. The average molecular weight is 392 g/mol. The van der Waals surface area contributed by atoms with Crippen molar-refractivity contribution in [2.24, 2.45) is 0 Å². The molecule has 28 heavy (non-hydrogen) atoms. The predicted molar refractivity (Wildman–Crippen MR) is 93.9 cm³/mol. The third kappa shape index (κ3) is 3.85. The summed E-state index contributed by atoms with van der Waals surface area (Å²) in [4.78, 5) is 16.6. The Morgan fingerprint density at radius 1 is 1.29 bits per heavy atom. The fourth-order valence-corrected chi connectivity index (χ4v) is 3.02. The molecule has 0 aliphatic heterocycles. The largest absolute Gasteiger partial charge is 0.433 e. The second kappa shape index (κ2) is 6.92. The number of hydrogen-bond acceptors (Lipinski definition) is 4. The number of aromatic nitrogens is 5. The molecule has 7 nitrogen and oxygen atoms in total. The summed E-state index contributed by atoms with van der Waals surface area (Å²) in [6, 6.07) is 4.22. The van der Waals surface area contributed by atoms with Gasteiger partial charge >= 0.3 is 6.18 Å². The first-order valence-corrected chi connectivity index (χ1v) is 9.07. The van der Waals surface area contributed by atoms with Gasteiger partial charge in [0.2, 0.25) is 0 Å². The highest BCUT2D eigenvalue weighted by Gasteiger charge is 2.37. The van der Waals surface area contributed by atoms with Crippen molar-refractivity contribution >= 4 is 11.6 Å². The molecule has 0 radical (unpaired) electrons. The molecule has 1 amide bonds. The monoisotopic (exact) mass is 392 g/mol. The molecule has 0 unspecified atom stereocenters. The first-order chi connectivity index (χ1) is 13.3. The Bertz CT molecular complexity index is 1020. The van der Waals surface area contributed by atoms with Crippen molar-refractivity contribution in [3.8, 4) is 0 Å². The van der Waals surface area contributed by atoms with Crippen LogP contribution in [0.5, 0.6) is 0 Å². The van der Waals surface area contributed by atoms with Crippen LogP contribution in [0.2, 0.25) is 0 Å². The van der Waals surface area contributed by atoms with Gasteiger partial charge in [-0.25, -0.2) is 9.50 Å². The number of nitrogens with zero attached hydrogens (tertiary/aromatic N) is 5. The second-order valence-corrected chi connectivity index (χ2v) is 6.97. The lowest BCUT2D eigenvalue weighted by Crippen LogP contribution is -2.26. The maximum Gasteiger partial charge on any atom is 0.433 e. The predicted octanol–water partition coefficient (Wildman–Crippen LogP) is 2.95. The molecule has 4 rings (SSSR count). The zero-order valence-electron chi connectivity index (χ0n) is 15.2. The van der Waals surface area contributed by atoms with Gasteiger partial charge in [-0.2, -0.15) is 23.4 Å². The van der Waals surface area contributed by atoms with Gasteiger partial charge in [0.05, 0.1) is 5.69 Å². The normalized spacial score (nSPS) is 14.6. The minimum atomic E-state index is -4.58. The highest BCUT2D eigenvalue weighted by atomic mass is 19.4. The molecular formula is C18H19F3N6O. The standard InChI is InChI=1S/C18H19F3N6O/c1-11-5-8-26(24-11)7-2-6-22-17(28)14-10-16-23-13(12-3-4-12)9-15(18(19,20)21)27(16)25-14/h5,8-10,12H,2-4,6-7H2,1H3,(H,22,28). The smallest absolute Gasteiger partial charge is 0.351 e. The number of carbonyl (C=O) groups excluding carboxylic acids is 1. The van der Waals surface area contributed by atoms with E-state index in [9.17, 15) is 18.0 Å². The van der Waals surface area contributed by atoms with Crippen molar-refractivity contribution < 1.29 is 18.0 Å². The van der Waals surface area contributed by atoms with Crippen LogP contribution >= 0.6 is 0 Å². The van der Waals surface area contributed by atoms with Crippen molar-refractivity contribution in [2.45, 2.75) is 44.8 Å². The molecule has 1 aliphatic carbocycles.